The summed E-state index contributed by atoms with van der Waals surface area (Å²) in [7, 11) is 1.67. The Balaban J connectivity index is 2.05. The predicted molar refractivity (Wildman–Crippen MR) is 86.6 cm³/mol. The fourth-order valence-electron chi connectivity index (χ4n) is 1.43. The molecule has 116 valence electrons. The summed E-state index contributed by atoms with van der Waals surface area (Å²) < 4.78 is 2.27. The molecule has 1 aromatic heterocycles. The summed E-state index contributed by atoms with van der Waals surface area (Å²) in [5.41, 5.74) is 0.337. The number of non-ortho nitro benzene ring substituents is 1. The standard InChI is InChI=1S/C10H8Br2N6O3S/c1-17-10(14-15-16-17)22-4-8(19)13-9-6(11)2-5(18(20)21)3-7(9)12/h2-3H,4H2,1H3,(H,13,19). The topological polar surface area (TPSA) is 116 Å². The van der Waals surface area contributed by atoms with E-state index >= 15 is 0 Å². The molecule has 0 aliphatic carbocycles. The fourth-order valence-corrected chi connectivity index (χ4v) is 3.44. The summed E-state index contributed by atoms with van der Waals surface area (Å²) in [6.45, 7) is 0. The number of hydrogen-bond donors (Lipinski definition) is 1. The second-order valence-corrected chi connectivity index (χ2v) is 6.61. The van der Waals surface area contributed by atoms with Crippen LogP contribution >= 0.6 is 43.6 Å². The highest BCUT2D eigenvalue weighted by Gasteiger charge is 2.16. The van der Waals surface area contributed by atoms with Crippen LogP contribution in [0.2, 0.25) is 0 Å². The van der Waals surface area contributed by atoms with Crippen molar-refractivity contribution in [3.63, 3.8) is 0 Å². The number of aryl methyl sites for hydroxylation is 1. The number of nitro benzene ring substituents is 1. The highest BCUT2D eigenvalue weighted by molar-refractivity contribution is 9.11. The lowest BCUT2D eigenvalue weighted by atomic mass is 10.3. The summed E-state index contributed by atoms with van der Waals surface area (Å²) in [6, 6.07) is 2.64. The molecular weight excluding hydrogens is 444 g/mol. The number of aromatic nitrogens is 4. The maximum Gasteiger partial charge on any atom is 0.271 e. The van der Waals surface area contributed by atoms with Gasteiger partial charge >= 0.3 is 0 Å². The van der Waals surface area contributed by atoms with Gasteiger partial charge in [-0.05, 0) is 42.3 Å². The molecule has 0 fully saturated rings. The van der Waals surface area contributed by atoms with Gasteiger partial charge in [-0.15, -0.1) is 5.10 Å². The van der Waals surface area contributed by atoms with E-state index in [9.17, 15) is 14.9 Å². The van der Waals surface area contributed by atoms with Crippen molar-refractivity contribution in [2.45, 2.75) is 5.16 Å². The Bertz CT molecular complexity index is 714. The van der Waals surface area contributed by atoms with Crippen LogP contribution in [0.3, 0.4) is 0 Å². The molecule has 0 unspecified atom stereocenters. The Labute approximate surface area is 145 Å². The third-order valence-corrected chi connectivity index (χ3v) is 4.68. The fraction of sp³-hybridized carbons (Fsp3) is 0.200. The predicted octanol–water partition coefficient (Wildman–Crippen LogP) is 2.37. The number of nitrogens with zero attached hydrogens (tertiary/aromatic N) is 5. The molecule has 12 heteroatoms. The number of carbonyl (C=O) groups excluding carboxylic acids is 1. The number of nitro groups is 1. The van der Waals surface area contributed by atoms with Crippen LogP contribution in [-0.4, -0.2) is 36.8 Å². The van der Waals surface area contributed by atoms with Crippen molar-refractivity contribution in [1.82, 2.24) is 20.2 Å². The largest absolute Gasteiger partial charge is 0.323 e. The second-order valence-electron chi connectivity index (χ2n) is 3.96. The van der Waals surface area contributed by atoms with E-state index in [-0.39, 0.29) is 17.3 Å². The Morgan fingerprint density at radius 2 is 2.09 bits per heavy atom. The van der Waals surface area contributed by atoms with Gasteiger partial charge in [0.2, 0.25) is 11.1 Å². The summed E-state index contributed by atoms with van der Waals surface area (Å²) in [6.07, 6.45) is 0. The monoisotopic (exact) mass is 450 g/mol. The van der Waals surface area contributed by atoms with E-state index < -0.39 is 4.92 Å². The zero-order valence-corrected chi connectivity index (χ0v) is 15.0. The number of rotatable bonds is 5. The first kappa shape index (κ1) is 16.8. The van der Waals surface area contributed by atoms with Gasteiger partial charge in [0.1, 0.15) is 0 Å². The molecule has 0 radical (unpaired) electrons. The number of thioether (sulfide) groups is 1. The van der Waals surface area contributed by atoms with Crippen LogP contribution in [0.15, 0.2) is 26.2 Å². The van der Waals surface area contributed by atoms with Gasteiger partial charge in [0, 0.05) is 28.1 Å². The normalized spacial score (nSPS) is 10.5. The second kappa shape index (κ2) is 7.15. The van der Waals surface area contributed by atoms with Crippen LogP contribution in [0.5, 0.6) is 0 Å². The van der Waals surface area contributed by atoms with E-state index in [1.807, 2.05) is 0 Å². The zero-order valence-electron chi connectivity index (χ0n) is 11.0. The molecule has 2 rings (SSSR count). The number of halogens is 2. The first-order valence-corrected chi connectivity index (χ1v) is 8.24. The van der Waals surface area contributed by atoms with Crippen molar-refractivity contribution in [1.29, 1.82) is 0 Å². The molecule has 22 heavy (non-hydrogen) atoms. The molecule has 0 aliphatic heterocycles. The molecular formula is C10H8Br2N6O3S. The van der Waals surface area contributed by atoms with E-state index in [2.05, 4.69) is 52.7 Å². The lowest BCUT2D eigenvalue weighted by Gasteiger charge is -2.09. The lowest BCUT2D eigenvalue weighted by Crippen LogP contribution is -2.15. The Hall–Kier alpha value is -1.53. The molecule has 9 nitrogen and oxygen atoms in total. The van der Waals surface area contributed by atoms with Crippen LogP contribution in [0.25, 0.3) is 0 Å². The maximum absolute atomic E-state index is 12.0. The average Bonchev–Trinajstić information content (AvgIpc) is 2.85. The Morgan fingerprint density at radius 3 is 2.59 bits per heavy atom. The summed E-state index contributed by atoms with van der Waals surface area (Å²) in [5.74, 6) is -0.187. The molecule has 0 spiro atoms. The van der Waals surface area contributed by atoms with E-state index in [0.29, 0.717) is 19.8 Å². The first-order chi connectivity index (χ1) is 10.4. The Morgan fingerprint density at radius 1 is 1.45 bits per heavy atom. The number of hydrogen-bond acceptors (Lipinski definition) is 7. The van der Waals surface area contributed by atoms with Gasteiger partial charge in [-0.25, -0.2) is 4.68 Å². The molecule has 0 bridgehead atoms. The van der Waals surface area contributed by atoms with Gasteiger partial charge in [-0.1, -0.05) is 11.8 Å². The Kier molecular flexibility index (Phi) is 5.47. The van der Waals surface area contributed by atoms with Crippen molar-refractivity contribution in [3.05, 3.63) is 31.2 Å². The smallest absolute Gasteiger partial charge is 0.271 e. The molecule has 1 amide bonds. The molecule has 1 aromatic carbocycles. The van der Waals surface area contributed by atoms with Crippen molar-refractivity contribution in [2.75, 3.05) is 11.1 Å². The van der Waals surface area contributed by atoms with Gasteiger partial charge < -0.3 is 5.32 Å². The minimum Gasteiger partial charge on any atom is -0.323 e. The van der Waals surface area contributed by atoms with E-state index in [0.717, 1.165) is 0 Å². The number of anilines is 1. The molecule has 0 saturated carbocycles. The van der Waals surface area contributed by atoms with E-state index in [1.165, 1.54) is 28.6 Å². The SMILES string of the molecule is Cn1nnnc1SCC(=O)Nc1c(Br)cc([N+](=O)[O-])cc1Br. The minimum absolute atomic E-state index is 0.0868. The molecule has 0 saturated heterocycles. The molecule has 0 atom stereocenters. The van der Waals surface area contributed by atoms with Gasteiger partial charge in [0.05, 0.1) is 16.4 Å². The zero-order chi connectivity index (χ0) is 16.3. The van der Waals surface area contributed by atoms with Crippen molar-refractivity contribution < 1.29 is 9.72 Å². The highest BCUT2D eigenvalue weighted by atomic mass is 79.9. The number of tetrazole rings is 1. The van der Waals surface area contributed by atoms with Gasteiger partial charge in [-0.3, -0.25) is 14.9 Å². The van der Waals surface area contributed by atoms with E-state index in [4.69, 9.17) is 0 Å². The van der Waals surface area contributed by atoms with Crippen LogP contribution in [0.1, 0.15) is 0 Å². The quantitative estimate of drug-likeness (QED) is 0.421. The number of carbonyl (C=O) groups is 1. The third-order valence-electron chi connectivity index (χ3n) is 2.42. The molecule has 1 N–H and O–H groups in total. The van der Waals surface area contributed by atoms with Crippen LogP contribution < -0.4 is 5.32 Å². The highest BCUT2D eigenvalue weighted by Crippen LogP contribution is 2.35. The molecule has 1 heterocycles. The van der Waals surface area contributed by atoms with Crippen molar-refractivity contribution in [3.8, 4) is 0 Å². The molecule has 0 aliphatic rings. The summed E-state index contributed by atoms with van der Waals surface area (Å²) >= 11 is 7.58. The summed E-state index contributed by atoms with van der Waals surface area (Å²) in [5, 5.41) is 24.8. The molecule has 2 aromatic rings. The number of amides is 1. The van der Waals surface area contributed by atoms with Crippen molar-refractivity contribution >= 4 is 60.9 Å². The van der Waals surface area contributed by atoms with Crippen molar-refractivity contribution in [2.24, 2.45) is 7.05 Å². The van der Waals surface area contributed by atoms with Gasteiger partial charge in [0.25, 0.3) is 5.69 Å². The van der Waals surface area contributed by atoms with Gasteiger partial charge in [0.15, 0.2) is 0 Å². The maximum atomic E-state index is 12.0. The minimum atomic E-state index is -0.516. The van der Waals surface area contributed by atoms with Crippen LogP contribution in [-0.2, 0) is 11.8 Å². The third kappa shape index (κ3) is 4.01. The average molecular weight is 452 g/mol. The van der Waals surface area contributed by atoms with Gasteiger partial charge in [-0.2, -0.15) is 0 Å². The number of nitrogens with one attached hydrogen (secondary N) is 1. The first-order valence-electron chi connectivity index (χ1n) is 5.67. The summed E-state index contributed by atoms with van der Waals surface area (Å²) in [4.78, 5) is 22.2. The van der Waals surface area contributed by atoms with Crippen LogP contribution in [0.4, 0.5) is 11.4 Å². The van der Waals surface area contributed by atoms with Crippen LogP contribution in [0, 0.1) is 10.1 Å². The lowest BCUT2D eigenvalue weighted by molar-refractivity contribution is -0.385. The number of benzene rings is 1. The van der Waals surface area contributed by atoms with E-state index in [1.54, 1.807) is 7.05 Å².